The summed E-state index contributed by atoms with van der Waals surface area (Å²) >= 11 is 0. The number of nitrogens with one attached hydrogen (secondary N) is 1. The van der Waals surface area contributed by atoms with Gasteiger partial charge in [-0.2, -0.15) is 0 Å². The van der Waals surface area contributed by atoms with Crippen molar-refractivity contribution in [3.05, 3.63) is 23.7 Å². The summed E-state index contributed by atoms with van der Waals surface area (Å²) in [5.41, 5.74) is 1.32. The predicted molar refractivity (Wildman–Crippen MR) is 73.4 cm³/mol. The van der Waals surface area contributed by atoms with Gasteiger partial charge < -0.3 is 14.6 Å². The maximum atomic E-state index is 5.52. The second kappa shape index (κ2) is 5.87. The lowest BCUT2D eigenvalue weighted by atomic mass is 10.1. The van der Waals surface area contributed by atoms with Gasteiger partial charge in [-0.05, 0) is 33.1 Å². The van der Waals surface area contributed by atoms with E-state index in [2.05, 4.69) is 42.2 Å². The summed E-state index contributed by atoms with van der Waals surface area (Å²) in [7, 11) is 6.30. The van der Waals surface area contributed by atoms with Gasteiger partial charge in [0.15, 0.2) is 0 Å². The lowest BCUT2D eigenvalue weighted by Gasteiger charge is -2.22. The maximum Gasteiger partial charge on any atom is 0.122 e. The molecule has 0 bridgehead atoms. The third-order valence-electron chi connectivity index (χ3n) is 3.88. The van der Waals surface area contributed by atoms with Gasteiger partial charge in [0.05, 0.1) is 12.8 Å². The smallest absolute Gasteiger partial charge is 0.122 e. The molecule has 2 heterocycles. The fourth-order valence-corrected chi connectivity index (χ4v) is 2.91. The number of likely N-dealkylation sites (N-methyl/N-ethyl adjacent to an activating group) is 1. The lowest BCUT2D eigenvalue weighted by molar-refractivity contribution is 0.249. The molecule has 0 aromatic carbocycles. The van der Waals surface area contributed by atoms with Crippen LogP contribution < -0.4 is 5.32 Å². The van der Waals surface area contributed by atoms with Crippen LogP contribution in [0.15, 0.2) is 16.7 Å². The topological polar surface area (TPSA) is 31.7 Å². The Morgan fingerprint density at radius 1 is 1.44 bits per heavy atom. The van der Waals surface area contributed by atoms with E-state index in [1.54, 1.807) is 6.26 Å². The zero-order chi connectivity index (χ0) is 13.1. The molecule has 1 aliphatic heterocycles. The summed E-state index contributed by atoms with van der Waals surface area (Å²) < 4.78 is 5.52. The normalized spacial score (nSPS) is 25.2. The highest BCUT2D eigenvalue weighted by Gasteiger charge is 2.31. The van der Waals surface area contributed by atoms with E-state index in [0.717, 1.165) is 31.3 Å². The SMILES string of the molecule is CNCc1occc1CN1CC(C)C(N(C)C)C1. The van der Waals surface area contributed by atoms with Gasteiger partial charge in [0.25, 0.3) is 0 Å². The van der Waals surface area contributed by atoms with Crippen LogP contribution in [0.4, 0.5) is 0 Å². The van der Waals surface area contributed by atoms with Gasteiger partial charge in [-0.1, -0.05) is 6.92 Å². The van der Waals surface area contributed by atoms with Crippen molar-refractivity contribution in [1.29, 1.82) is 0 Å². The van der Waals surface area contributed by atoms with E-state index >= 15 is 0 Å². The number of rotatable bonds is 5. The molecule has 1 aliphatic rings. The van der Waals surface area contributed by atoms with Crippen molar-refractivity contribution >= 4 is 0 Å². The molecule has 1 aromatic heterocycles. The van der Waals surface area contributed by atoms with Crippen LogP contribution in [0.2, 0.25) is 0 Å². The summed E-state index contributed by atoms with van der Waals surface area (Å²) in [6.45, 7) is 6.48. The van der Waals surface area contributed by atoms with Crippen molar-refractivity contribution in [2.24, 2.45) is 5.92 Å². The standard InChI is InChI=1S/C14H25N3O/c1-11-8-17(10-13(11)16(3)4)9-12-5-6-18-14(12)7-15-2/h5-6,11,13,15H,7-10H2,1-4H3. The Hall–Kier alpha value is -0.840. The molecule has 18 heavy (non-hydrogen) atoms. The maximum absolute atomic E-state index is 5.52. The van der Waals surface area contributed by atoms with Crippen LogP contribution in [-0.4, -0.2) is 50.1 Å². The largest absolute Gasteiger partial charge is 0.468 e. The molecule has 0 spiro atoms. The van der Waals surface area contributed by atoms with Crippen molar-refractivity contribution in [1.82, 2.24) is 15.1 Å². The average Bonchev–Trinajstić information content (AvgIpc) is 2.87. The van der Waals surface area contributed by atoms with Gasteiger partial charge in [-0.15, -0.1) is 0 Å². The van der Waals surface area contributed by atoms with Crippen LogP contribution in [0, 0.1) is 5.92 Å². The molecule has 1 saturated heterocycles. The first-order valence-electron chi connectivity index (χ1n) is 6.70. The first-order valence-corrected chi connectivity index (χ1v) is 6.70. The highest BCUT2D eigenvalue weighted by atomic mass is 16.3. The molecular weight excluding hydrogens is 226 g/mol. The lowest BCUT2D eigenvalue weighted by Crippen LogP contribution is -2.34. The fourth-order valence-electron chi connectivity index (χ4n) is 2.91. The molecule has 0 amide bonds. The third kappa shape index (κ3) is 2.94. The third-order valence-corrected chi connectivity index (χ3v) is 3.88. The van der Waals surface area contributed by atoms with Crippen LogP contribution in [0.5, 0.6) is 0 Å². The Bertz CT molecular complexity index is 375. The van der Waals surface area contributed by atoms with E-state index in [0.29, 0.717) is 6.04 Å². The van der Waals surface area contributed by atoms with Gasteiger partial charge in [-0.25, -0.2) is 0 Å². The first-order chi connectivity index (χ1) is 8.61. The zero-order valence-corrected chi connectivity index (χ0v) is 11.9. The quantitative estimate of drug-likeness (QED) is 0.857. The van der Waals surface area contributed by atoms with E-state index in [9.17, 15) is 0 Å². The summed E-state index contributed by atoms with van der Waals surface area (Å²) in [5, 5.41) is 3.15. The first kappa shape index (κ1) is 13.6. The molecule has 1 fully saturated rings. The molecule has 1 aromatic rings. The van der Waals surface area contributed by atoms with Crippen molar-refractivity contribution in [3.8, 4) is 0 Å². The zero-order valence-electron chi connectivity index (χ0n) is 11.9. The van der Waals surface area contributed by atoms with E-state index < -0.39 is 0 Å². The molecule has 0 saturated carbocycles. The minimum absolute atomic E-state index is 0.671. The van der Waals surface area contributed by atoms with Crippen molar-refractivity contribution in [2.45, 2.75) is 26.1 Å². The number of nitrogens with zero attached hydrogens (tertiary/aromatic N) is 2. The van der Waals surface area contributed by atoms with E-state index in [1.165, 1.54) is 12.1 Å². The van der Waals surface area contributed by atoms with E-state index in [4.69, 9.17) is 4.42 Å². The van der Waals surface area contributed by atoms with Gasteiger partial charge in [0.2, 0.25) is 0 Å². The molecule has 102 valence electrons. The summed E-state index contributed by atoms with van der Waals surface area (Å²) in [6, 6.07) is 2.77. The van der Waals surface area contributed by atoms with Gasteiger partial charge in [0, 0.05) is 31.2 Å². The molecule has 0 aliphatic carbocycles. The minimum Gasteiger partial charge on any atom is -0.468 e. The van der Waals surface area contributed by atoms with Crippen LogP contribution in [0.1, 0.15) is 18.2 Å². The fraction of sp³-hybridized carbons (Fsp3) is 0.714. The van der Waals surface area contributed by atoms with E-state index in [1.807, 2.05) is 7.05 Å². The molecule has 2 atom stereocenters. The predicted octanol–water partition coefficient (Wildman–Crippen LogP) is 1.38. The highest BCUT2D eigenvalue weighted by Crippen LogP contribution is 2.23. The molecule has 1 N–H and O–H groups in total. The van der Waals surface area contributed by atoms with Crippen LogP contribution in [0.3, 0.4) is 0 Å². The monoisotopic (exact) mass is 251 g/mol. The van der Waals surface area contributed by atoms with Gasteiger partial charge in [0.1, 0.15) is 5.76 Å². The molecular formula is C14H25N3O. The van der Waals surface area contributed by atoms with Crippen molar-refractivity contribution in [3.63, 3.8) is 0 Å². The number of furan rings is 1. The summed E-state index contributed by atoms with van der Waals surface area (Å²) in [4.78, 5) is 4.87. The van der Waals surface area contributed by atoms with Crippen molar-refractivity contribution in [2.75, 3.05) is 34.2 Å². The summed E-state index contributed by atoms with van der Waals surface area (Å²) in [6.07, 6.45) is 1.80. The van der Waals surface area contributed by atoms with Crippen LogP contribution in [0.25, 0.3) is 0 Å². The molecule has 4 heteroatoms. The molecule has 2 rings (SSSR count). The molecule has 2 unspecified atom stereocenters. The Labute approximate surface area is 110 Å². The molecule has 0 radical (unpaired) electrons. The number of hydrogen-bond donors (Lipinski definition) is 1. The van der Waals surface area contributed by atoms with Crippen LogP contribution >= 0.6 is 0 Å². The average molecular weight is 251 g/mol. The second-order valence-corrected chi connectivity index (χ2v) is 5.60. The minimum atomic E-state index is 0.671. The van der Waals surface area contributed by atoms with Crippen LogP contribution in [-0.2, 0) is 13.1 Å². The summed E-state index contributed by atoms with van der Waals surface area (Å²) in [5.74, 6) is 1.80. The number of hydrogen-bond acceptors (Lipinski definition) is 4. The number of likely N-dealkylation sites (tertiary alicyclic amines) is 1. The Morgan fingerprint density at radius 2 is 2.22 bits per heavy atom. The Balaban J connectivity index is 1.96. The van der Waals surface area contributed by atoms with E-state index in [-0.39, 0.29) is 0 Å². The molecule has 4 nitrogen and oxygen atoms in total. The Morgan fingerprint density at radius 3 is 2.83 bits per heavy atom. The van der Waals surface area contributed by atoms with Gasteiger partial charge in [-0.3, -0.25) is 4.90 Å². The van der Waals surface area contributed by atoms with Gasteiger partial charge >= 0.3 is 0 Å². The van der Waals surface area contributed by atoms with Crippen molar-refractivity contribution < 1.29 is 4.42 Å². The highest BCUT2D eigenvalue weighted by molar-refractivity contribution is 5.17. The Kier molecular flexibility index (Phi) is 4.43. The second-order valence-electron chi connectivity index (χ2n) is 5.60.